The van der Waals surface area contributed by atoms with Gasteiger partial charge in [0.05, 0.1) is 11.6 Å². The van der Waals surface area contributed by atoms with E-state index in [1.54, 1.807) is 36.4 Å². The van der Waals surface area contributed by atoms with Crippen LogP contribution in [0.15, 0.2) is 53.7 Å². The highest BCUT2D eigenvalue weighted by Gasteiger charge is 2.05. The zero-order chi connectivity index (χ0) is 16.8. The first-order valence-electron chi connectivity index (χ1n) is 7.14. The van der Waals surface area contributed by atoms with E-state index in [1.165, 1.54) is 11.8 Å². The number of aromatic nitrogens is 3. The molecule has 3 rings (SSSR count). The van der Waals surface area contributed by atoms with Gasteiger partial charge in [0.25, 0.3) is 0 Å². The molecule has 1 N–H and O–H groups in total. The third kappa shape index (κ3) is 4.51. The second-order valence-corrected chi connectivity index (χ2v) is 6.28. The average molecular weight is 357 g/mol. The molecule has 0 bridgehead atoms. The van der Waals surface area contributed by atoms with Gasteiger partial charge < -0.3 is 4.74 Å². The molecule has 0 radical (unpaired) electrons. The van der Waals surface area contributed by atoms with E-state index in [-0.39, 0.29) is 0 Å². The second-order valence-electron chi connectivity index (χ2n) is 4.90. The Labute approximate surface area is 148 Å². The maximum absolute atomic E-state index is 8.79. The first-order valence-corrected chi connectivity index (χ1v) is 8.51. The molecule has 24 heavy (non-hydrogen) atoms. The van der Waals surface area contributed by atoms with Crippen molar-refractivity contribution in [2.24, 2.45) is 0 Å². The number of H-pyrrole nitrogens is 1. The van der Waals surface area contributed by atoms with E-state index < -0.39 is 0 Å². The summed E-state index contributed by atoms with van der Waals surface area (Å²) in [5.74, 6) is 2.12. The van der Waals surface area contributed by atoms with Crippen molar-refractivity contribution in [2.45, 2.75) is 17.5 Å². The van der Waals surface area contributed by atoms with Gasteiger partial charge in [-0.2, -0.15) is 5.26 Å². The van der Waals surface area contributed by atoms with Gasteiger partial charge in [-0.3, -0.25) is 5.10 Å². The third-order valence-corrected chi connectivity index (χ3v) is 4.32. The zero-order valence-electron chi connectivity index (χ0n) is 12.6. The summed E-state index contributed by atoms with van der Waals surface area (Å²) in [6, 6.07) is 16.7. The Bertz CT molecular complexity index is 840. The van der Waals surface area contributed by atoms with E-state index in [2.05, 4.69) is 21.3 Å². The lowest BCUT2D eigenvalue weighted by Gasteiger charge is -2.03. The van der Waals surface area contributed by atoms with Crippen LogP contribution in [0.3, 0.4) is 0 Å². The summed E-state index contributed by atoms with van der Waals surface area (Å²) in [4.78, 5) is 4.38. The van der Waals surface area contributed by atoms with Crippen molar-refractivity contribution in [3.8, 4) is 11.8 Å². The number of aromatic amines is 1. The number of rotatable bonds is 6. The lowest BCUT2D eigenvalue weighted by Crippen LogP contribution is -1.97. The van der Waals surface area contributed by atoms with Gasteiger partial charge in [0.15, 0.2) is 5.82 Å². The third-order valence-electron chi connectivity index (χ3n) is 3.15. The van der Waals surface area contributed by atoms with Gasteiger partial charge >= 0.3 is 0 Å². The number of halogens is 1. The summed E-state index contributed by atoms with van der Waals surface area (Å²) in [5, 5.41) is 17.1. The molecule has 0 saturated heterocycles. The first kappa shape index (κ1) is 16.4. The van der Waals surface area contributed by atoms with Crippen molar-refractivity contribution in [2.75, 3.05) is 0 Å². The van der Waals surface area contributed by atoms with Gasteiger partial charge in [0, 0.05) is 10.8 Å². The van der Waals surface area contributed by atoms with Crippen molar-refractivity contribution in [3.63, 3.8) is 0 Å². The SMILES string of the molecule is N#Cc1ccc(CSc2n[nH]c(COc3ccc(Cl)cc3)n2)cc1. The maximum Gasteiger partial charge on any atom is 0.208 e. The Kier molecular flexibility index (Phi) is 5.36. The molecular weight excluding hydrogens is 344 g/mol. The summed E-state index contributed by atoms with van der Waals surface area (Å²) >= 11 is 7.35. The van der Waals surface area contributed by atoms with Gasteiger partial charge in [0.1, 0.15) is 12.4 Å². The largest absolute Gasteiger partial charge is 0.486 e. The zero-order valence-corrected chi connectivity index (χ0v) is 14.1. The summed E-state index contributed by atoms with van der Waals surface area (Å²) in [6.07, 6.45) is 0. The number of hydrogen-bond donors (Lipinski definition) is 1. The molecule has 3 aromatic rings. The van der Waals surface area contributed by atoms with E-state index in [4.69, 9.17) is 21.6 Å². The van der Waals surface area contributed by atoms with Crippen molar-refractivity contribution < 1.29 is 4.74 Å². The van der Waals surface area contributed by atoms with Crippen LogP contribution in [0.5, 0.6) is 5.75 Å². The number of thioether (sulfide) groups is 1. The fourth-order valence-electron chi connectivity index (χ4n) is 1.91. The van der Waals surface area contributed by atoms with Crippen molar-refractivity contribution >= 4 is 23.4 Å². The lowest BCUT2D eigenvalue weighted by molar-refractivity contribution is 0.296. The molecule has 0 aliphatic carbocycles. The van der Waals surface area contributed by atoms with Crippen LogP contribution >= 0.6 is 23.4 Å². The van der Waals surface area contributed by atoms with Crippen molar-refractivity contribution in [1.29, 1.82) is 5.26 Å². The average Bonchev–Trinajstić information content (AvgIpc) is 3.08. The van der Waals surface area contributed by atoms with E-state index >= 15 is 0 Å². The number of hydrogen-bond acceptors (Lipinski definition) is 5. The monoisotopic (exact) mass is 356 g/mol. The van der Waals surface area contributed by atoms with E-state index in [0.717, 1.165) is 17.1 Å². The van der Waals surface area contributed by atoms with Crippen LogP contribution in [0.4, 0.5) is 0 Å². The number of ether oxygens (including phenoxy) is 1. The Hall–Kier alpha value is -2.49. The molecule has 0 unspecified atom stereocenters. The lowest BCUT2D eigenvalue weighted by atomic mass is 10.2. The van der Waals surface area contributed by atoms with Crippen LogP contribution in [0.2, 0.25) is 5.02 Å². The Morgan fingerprint density at radius 3 is 2.58 bits per heavy atom. The molecule has 0 aliphatic heterocycles. The molecule has 2 aromatic carbocycles. The predicted molar refractivity (Wildman–Crippen MR) is 92.9 cm³/mol. The van der Waals surface area contributed by atoms with E-state index in [9.17, 15) is 0 Å². The van der Waals surface area contributed by atoms with Gasteiger partial charge in [-0.05, 0) is 42.0 Å². The van der Waals surface area contributed by atoms with Crippen LogP contribution < -0.4 is 4.74 Å². The van der Waals surface area contributed by atoms with E-state index in [0.29, 0.717) is 28.2 Å². The smallest absolute Gasteiger partial charge is 0.208 e. The number of nitriles is 1. The highest BCUT2D eigenvalue weighted by atomic mass is 35.5. The highest BCUT2D eigenvalue weighted by Crippen LogP contribution is 2.20. The molecule has 0 amide bonds. The van der Waals surface area contributed by atoms with Gasteiger partial charge in [0.2, 0.25) is 5.16 Å². The number of nitrogens with one attached hydrogen (secondary N) is 1. The Morgan fingerprint density at radius 2 is 1.88 bits per heavy atom. The molecule has 0 fully saturated rings. The van der Waals surface area contributed by atoms with Gasteiger partial charge in [-0.25, -0.2) is 4.98 Å². The number of nitrogens with zero attached hydrogens (tertiary/aromatic N) is 3. The first-order chi connectivity index (χ1) is 11.7. The predicted octanol–water partition coefficient (Wildman–Crippen LogP) is 4.20. The maximum atomic E-state index is 8.79. The number of benzene rings is 2. The molecule has 1 aromatic heterocycles. The van der Waals surface area contributed by atoms with Crippen molar-refractivity contribution in [3.05, 3.63) is 70.5 Å². The minimum absolute atomic E-state index is 0.312. The van der Waals surface area contributed by atoms with Gasteiger partial charge in [-0.1, -0.05) is 35.5 Å². The molecule has 0 atom stereocenters. The summed E-state index contributed by atoms with van der Waals surface area (Å²) < 4.78 is 5.62. The molecular formula is C17H13ClN4OS. The normalized spacial score (nSPS) is 10.3. The van der Waals surface area contributed by atoms with Crippen LogP contribution in [0, 0.1) is 11.3 Å². The van der Waals surface area contributed by atoms with Crippen molar-refractivity contribution in [1.82, 2.24) is 15.2 Å². The molecule has 0 aliphatic rings. The van der Waals surface area contributed by atoms with Crippen LogP contribution in [-0.2, 0) is 12.4 Å². The highest BCUT2D eigenvalue weighted by molar-refractivity contribution is 7.98. The van der Waals surface area contributed by atoms with Crippen LogP contribution in [0.1, 0.15) is 17.0 Å². The molecule has 1 heterocycles. The molecule has 7 heteroatoms. The Morgan fingerprint density at radius 1 is 1.12 bits per heavy atom. The fraction of sp³-hybridized carbons (Fsp3) is 0.118. The minimum atomic E-state index is 0.312. The van der Waals surface area contributed by atoms with E-state index in [1.807, 2.05) is 12.1 Å². The minimum Gasteiger partial charge on any atom is -0.486 e. The summed E-state index contributed by atoms with van der Waals surface area (Å²) in [6.45, 7) is 0.312. The Balaban J connectivity index is 1.51. The molecule has 120 valence electrons. The van der Waals surface area contributed by atoms with Gasteiger partial charge in [-0.15, -0.1) is 5.10 Å². The molecule has 0 spiro atoms. The summed E-state index contributed by atoms with van der Waals surface area (Å²) in [7, 11) is 0. The molecule has 5 nitrogen and oxygen atoms in total. The topological polar surface area (TPSA) is 74.6 Å². The summed E-state index contributed by atoms with van der Waals surface area (Å²) in [5.41, 5.74) is 1.77. The fourth-order valence-corrected chi connectivity index (χ4v) is 2.81. The van der Waals surface area contributed by atoms with Crippen LogP contribution in [0.25, 0.3) is 0 Å². The second kappa shape index (κ2) is 7.86. The quantitative estimate of drug-likeness (QED) is 0.670. The standard InChI is InChI=1S/C17H13ClN4OS/c18-14-5-7-15(8-6-14)23-10-16-20-17(22-21-16)24-11-13-3-1-12(9-19)2-4-13/h1-8H,10-11H2,(H,20,21,22). The molecule has 0 saturated carbocycles. The van der Waals surface area contributed by atoms with Crippen LogP contribution in [-0.4, -0.2) is 15.2 Å².